The molecule has 7 nitrogen and oxygen atoms in total. The molecule has 1 unspecified atom stereocenters. The molecule has 3 aromatic rings. The van der Waals surface area contributed by atoms with Crippen LogP contribution in [0.1, 0.15) is 29.9 Å². The molecule has 0 aliphatic heterocycles. The van der Waals surface area contributed by atoms with Gasteiger partial charge in [0, 0.05) is 29.5 Å². The predicted molar refractivity (Wildman–Crippen MR) is 136 cm³/mol. The van der Waals surface area contributed by atoms with E-state index in [2.05, 4.69) is 21.2 Å². The molecule has 0 fully saturated rings. The first-order valence-corrected chi connectivity index (χ1v) is 12.0. The molecule has 0 saturated heterocycles. The summed E-state index contributed by atoms with van der Waals surface area (Å²) in [5.74, 6) is -1.60. The minimum Gasteiger partial charge on any atom is -0.481 e. The van der Waals surface area contributed by atoms with Crippen molar-refractivity contribution in [2.75, 3.05) is 18.6 Å². The largest absolute Gasteiger partial charge is 0.481 e. The summed E-state index contributed by atoms with van der Waals surface area (Å²) in [5.41, 5.74) is 5.00. The number of hydrogen-bond donors (Lipinski definition) is 2. The van der Waals surface area contributed by atoms with E-state index in [1.54, 1.807) is 31.3 Å². The highest BCUT2D eigenvalue weighted by atomic mass is 79.9. The lowest BCUT2D eigenvalue weighted by atomic mass is 9.98. The second-order valence-electron chi connectivity index (χ2n) is 8.33. The summed E-state index contributed by atoms with van der Waals surface area (Å²) in [7, 11) is 1.58. The number of hydrogen-bond acceptors (Lipinski definition) is 4. The SMILES string of the molecule is CN(C(=O)C(CCC(=O)O)NC(=O)OCC1c2ccccc2-c2ccccc21)c1ccc(Br)cc1. The molecule has 3 aromatic carbocycles. The van der Waals surface area contributed by atoms with Crippen LogP contribution in [0.5, 0.6) is 0 Å². The quantitative estimate of drug-likeness (QED) is 0.413. The number of carbonyl (C=O) groups is 3. The Balaban J connectivity index is 1.45. The number of amides is 2. The number of anilines is 1. The van der Waals surface area contributed by atoms with Crippen LogP contribution in [-0.2, 0) is 14.3 Å². The van der Waals surface area contributed by atoms with Gasteiger partial charge in [-0.3, -0.25) is 9.59 Å². The second kappa shape index (κ2) is 10.7. The first kappa shape index (κ1) is 24.5. The van der Waals surface area contributed by atoms with Gasteiger partial charge in [-0.05, 0) is 52.9 Å². The van der Waals surface area contributed by atoms with Crippen molar-refractivity contribution in [1.82, 2.24) is 5.32 Å². The molecule has 0 radical (unpaired) electrons. The lowest BCUT2D eigenvalue weighted by Crippen LogP contribution is -2.48. The standard InChI is InChI=1S/C27H25BrN2O5/c1-30(18-12-10-17(28)11-13-18)26(33)24(14-15-25(31)32)29-27(34)35-16-23-21-8-4-2-6-19(21)20-7-3-5-9-22(20)23/h2-13,23-24H,14-16H2,1H3,(H,29,34)(H,31,32). The minimum atomic E-state index is -1.05. The molecule has 2 N–H and O–H groups in total. The van der Waals surface area contributed by atoms with Crippen LogP contribution in [0.15, 0.2) is 77.3 Å². The van der Waals surface area contributed by atoms with Crippen LogP contribution < -0.4 is 10.2 Å². The molecule has 4 rings (SSSR count). The zero-order chi connectivity index (χ0) is 24.9. The molecule has 0 heterocycles. The van der Waals surface area contributed by atoms with Crippen molar-refractivity contribution in [2.45, 2.75) is 24.8 Å². The van der Waals surface area contributed by atoms with E-state index < -0.39 is 24.0 Å². The monoisotopic (exact) mass is 536 g/mol. The Kier molecular flexibility index (Phi) is 7.51. The highest BCUT2D eigenvalue weighted by molar-refractivity contribution is 9.10. The van der Waals surface area contributed by atoms with Crippen molar-refractivity contribution in [2.24, 2.45) is 0 Å². The zero-order valence-corrected chi connectivity index (χ0v) is 20.7. The molecule has 35 heavy (non-hydrogen) atoms. The normalized spacial score (nSPS) is 12.9. The molecule has 0 bridgehead atoms. The Morgan fingerprint density at radius 2 is 1.54 bits per heavy atom. The number of carbonyl (C=O) groups excluding carboxylic acids is 2. The fraction of sp³-hybridized carbons (Fsp3) is 0.222. The summed E-state index contributed by atoms with van der Waals surface area (Å²) in [5, 5.41) is 11.7. The summed E-state index contributed by atoms with van der Waals surface area (Å²) in [6.45, 7) is 0.0995. The molecule has 0 aromatic heterocycles. The number of likely N-dealkylation sites (N-methyl/N-ethyl adjacent to an activating group) is 1. The second-order valence-corrected chi connectivity index (χ2v) is 9.24. The highest BCUT2D eigenvalue weighted by Gasteiger charge is 2.30. The summed E-state index contributed by atoms with van der Waals surface area (Å²) < 4.78 is 6.42. The first-order valence-electron chi connectivity index (χ1n) is 11.2. The van der Waals surface area contributed by atoms with E-state index >= 15 is 0 Å². The van der Waals surface area contributed by atoms with Crippen LogP contribution in [0.3, 0.4) is 0 Å². The topological polar surface area (TPSA) is 95.9 Å². The van der Waals surface area contributed by atoms with E-state index in [0.717, 1.165) is 26.7 Å². The average Bonchev–Trinajstić information content (AvgIpc) is 3.18. The molecule has 0 spiro atoms. The number of ether oxygens (including phenoxy) is 1. The van der Waals surface area contributed by atoms with Gasteiger partial charge in [0.1, 0.15) is 12.6 Å². The van der Waals surface area contributed by atoms with E-state index in [4.69, 9.17) is 9.84 Å². The Bertz CT molecular complexity index is 1200. The number of nitrogens with one attached hydrogen (secondary N) is 1. The van der Waals surface area contributed by atoms with Crippen molar-refractivity contribution < 1.29 is 24.2 Å². The molecule has 180 valence electrons. The molecule has 2 amide bonds. The van der Waals surface area contributed by atoms with Crippen LogP contribution in [0.4, 0.5) is 10.5 Å². The maximum absolute atomic E-state index is 13.1. The third kappa shape index (κ3) is 5.54. The van der Waals surface area contributed by atoms with Crippen LogP contribution in [0, 0.1) is 0 Å². The highest BCUT2D eigenvalue weighted by Crippen LogP contribution is 2.44. The van der Waals surface area contributed by atoms with Gasteiger partial charge in [0.05, 0.1) is 0 Å². The first-order chi connectivity index (χ1) is 16.8. The lowest BCUT2D eigenvalue weighted by molar-refractivity contribution is -0.137. The van der Waals surface area contributed by atoms with Gasteiger partial charge in [-0.1, -0.05) is 64.5 Å². The number of fused-ring (bicyclic) bond motifs is 3. The van der Waals surface area contributed by atoms with Crippen molar-refractivity contribution in [3.8, 4) is 11.1 Å². The van der Waals surface area contributed by atoms with Crippen LogP contribution in [0.25, 0.3) is 11.1 Å². The van der Waals surface area contributed by atoms with Crippen LogP contribution in [-0.4, -0.2) is 42.8 Å². The summed E-state index contributed by atoms with van der Waals surface area (Å²) in [6.07, 6.45) is -1.09. The zero-order valence-electron chi connectivity index (χ0n) is 19.1. The van der Waals surface area contributed by atoms with Gasteiger partial charge in [-0.15, -0.1) is 0 Å². The number of benzene rings is 3. The number of rotatable bonds is 8. The van der Waals surface area contributed by atoms with Gasteiger partial charge in [0.2, 0.25) is 5.91 Å². The molecule has 8 heteroatoms. The van der Waals surface area contributed by atoms with E-state index in [-0.39, 0.29) is 25.4 Å². The third-order valence-electron chi connectivity index (χ3n) is 6.13. The number of carboxylic acid groups (broad SMARTS) is 1. The van der Waals surface area contributed by atoms with E-state index in [1.165, 1.54) is 4.90 Å². The number of alkyl carbamates (subject to hydrolysis) is 1. The van der Waals surface area contributed by atoms with Gasteiger partial charge in [-0.25, -0.2) is 4.79 Å². The summed E-state index contributed by atoms with van der Waals surface area (Å²) in [4.78, 5) is 38.4. The third-order valence-corrected chi connectivity index (χ3v) is 6.65. The maximum atomic E-state index is 13.1. The minimum absolute atomic E-state index is 0.0563. The molecular formula is C27H25BrN2O5. The van der Waals surface area contributed by atoms with Gasteiger partial charge < -0.3 is 20.1 Å². The Morgan fingerprint density at radius 1 is 0.971 bits per heavy atom. The number of nitrogens with zero attached hydrogens (tertiary/aromatic N) is 1. The molecule has 1 atom stereocenters. The van der Waals surface area contributed by atoms with E-state index in [1.807, 2.05) is 48.5 Å². The van der Waals surface area contributed by atoms with Gasteiger partial charge in [0.15, 0.2) is 0 Å². The molecule has 0 saturated carbocycles. The Hall–Kier alpha value is -3.65. The van der Waals surface area contributed by atoms with Gasteiger partial charge in [0.25, 0.3) is 0 Å². The van der Waals surface area contributed by atoms with Gasteiger partial charge >= 0.3 is 12.1 Å². The summed E-state index contributed by atoms with van der Waals surface area (Å²) >= 11 is 3.36. The lowest BCUT2D eigenvalue weighted by Gasteiger charge is -2.24. The molecular weight excluding hydrogens is 512 g/mol. The number of carboxylic acids is 1. The van der Waals surface area contributed by atoms with Crippen molar-refractivity contribution >= 4 is 39.6 Å². The van der Waals surface area contributed by atoms with Crippen molar-refractivity contribution in [1.29, 1.82) is 0 Å². The van der Waals surface area contributed by atoms with Crippen molar-refractivity contribution in [3.05, 3.63) is 88.4 Å². The molecule has 1 aliphatic rings. The number of halogens is 1. The number of aliphatic carboxylic acids is 1. The Morgan fingerprint density at radius 3 is 2.11 bits per heavy atom. The van der Waals surface area contributed by atoms with Crippen molar-refractivity contribution in [3.63, 3.8) is 0 Å². The van der Waals surface area contributed by atoms with Gasteiger partial charge in [-0.2, -0.15) is 0 Å². The van der Waals surface area contributed by atoms with E-state index in [9.17, 15) is 14.4 Å². The fourth-order valence-corrected chi connectivity index (χ4v) is 4.60. The maximum Gasteiger partial charge on any atom is 0.407 e. The Labute approximate surface area is 211 Å². The average molecular weight is 537 g/mol. The smallest absolute Gasteiger partial charge is 0.407 e. The van der Waals surface area contributed by atoms with E-state index in [0.29, 0.717) is 5.69 Å². The van der Waals surface area contributed by atoms with Crippen LogP contribution >= 0.6 is 15.9 Å². The predicted octanol–water partition coefficient (Wildman–Crippen LogP) is 5.18. The molecule has 1 aliphatic carbocycles. The van der Waals surface area contributed by atoms with Crippen LogP contribution in [0.2, 0.25) is 0 Å². The summed E-state index contributed by atoms with van der Waals surface area (Å²) in [6, 6.07) is 22.1. The fourth-order valence-electron chi connectivity index (χ4n) is 4.33.